The van der Waals surface area contributed by atoms with E-state index in [-0.39, 0.29) is 23.3 Å². The van der Waals surface area contributed by atoms with Gasteiger partial charge in [0.25, 0.3) is 0 Å². The van der Waals surface area contributed by atoms with Gasteiger partial charge in [-0.2, -0.15) is 0 Å². The summed E-state index contributed by atoms with van der Waals surface area (Å²) in [6, 6.07) is 7.26. The molecule has 3 unspecified atom stereocenters. The topological polar surface area (TPSA) is 21.3 Å². The van der Waals surface area contributed by atoms with Gasteiger partial charge in [-0.3, -0.25) is 0 Å². The van der Waals surface area contributed by atoms with Crippen molar-refractivity contribution in [1.82, 2.24) is 5.32 Å². The van der Waals surface area contributed by atoms with Crippen molar-refractivity contribution in [3.63, 3.8) is 0 Å². The molecule has 1 aromatic rings. The van der Waals surface area contributed by atoms with Gasteiger partial charge in [0.2, 0.25) is 0 Å². The fraction of sp³-hybridized carbons (Fsp3) is 0.647. The molecule has 3 rings (SSSR count). The highest BCUT2D eigenvalue weighted by atomic mass is 19.1. The fourth-order valence-corrected chi connectivity index (χ4v) is 4.39. The lowest BCUT2D eigenvalue weighted by atomic mass is 9.59. The van der Waals surface area contributed by atoms with E-state index >= 15 is 0 Å². The van der Waals surface area contributed by atoms with E-state index in [1.165, 1.54) is 12.8 Å². The summed E-state index contributed by atoms with van der Waals surface area (Å²) in [5.41, 5.74) is 0.976. The lowest BCUT2D eigenvalue weighted by molar-refractivity contribution is -0.0722. The molecule has 1 saturated heterocycles. The smallest absolute Gasteiger partial charge is 0.126 e. The van der Waals surface area contributed by atoms with Gasteiger partial charge in [0.1, 0.15) is 5.82 Å². The van der Waals surface area contributed by atoms with Gasteiger partial charge >= 0.3 is 0 Å². The van der Waals surface area contributed by atoms with Gasteiger partial charge in [-0.05, 0) is 37.4 Å². The highest BCUT2D eigenvalue weighted by Crippen LogP contribution is 2.52. The number of methoxy groups -OCH3 is 1. The molecule has 0 amide bonds. The van der Waals surface area contributed by atoms with Gasteiger partial charge in [-0.25, -0.2) is 4.39 Å². The molecule has 1 heterocycles. The first kappa shape index (κ1) is 14.0. The van der Waals surface area contributed by atoms with E-state index in [9.17, 15) is 4.39 Å². The third-order valence-corrected chi connectivity index (χ3v) is 5.37. The highest BCUT2D eigenvalue weighted by molar-refractivity contribution is 5.26. The molecule has 0 aromatic heterocycles. The number of hydrogen-bond acceptors (Lipinski definition) is 2. The van der Waals surface area contributed by atoms with E-state index in [0.29, 0.717) is 0 Å². The maximum absolute atomic E-state index is 14.3. The molecule has 0 bridgehead atoms. The third-order valence-electron chi connectivity index (χ3n) is 5.37. The highest BCUT2D eigenvalue weighted by Gasteiger charge is 2.49. The lowest BCUT2D eigenvalue weighted by Crippen LogP contribution is -2.52. The van der Waals surface area contributed by atoms with E-state index < -0.39 is 0 Å². The van der Waals surface area contributed by atoms with Crippen molar-refractivity contribution in [2.45, 2.75) is 44.1 Å². The van der Waals surface area contributed by atoms with Crippen molar-refractivity contribution in [3.8, 4) is 0 Å². The number of piperidine rings is 1. The van der Waals surface area contributed by atoms with Crippen molar-refractivity contribution in [3.05, 3.63) is 35.6 Å². The number of nitrogens with one attached hydrogen (secondary N) is 1. The first-order valence-corrected chi connectivity index (χ1v) is 7.76. The van der Waals surface area contributed by atoms with Gasteiger partial charge < -0.3 is 10.1 Å². The number of rotatable bonds is 2. The van der Waals surface area contributed by atoms with Crippen molar-refractivity contribution >= 4 is 0 Å². The molecule has 3 heteroatoms. The number of ether oxygens (including phenoxy) is 1. The summed E-state index contributed by atoms with van der Waals surface area (Å²) in [5, 5.41) is 3.45. The van der Waals surface area contributed by atoms with Crippen LogP contribution in [0, 0.1) is 11.2 Å². The lowest BCUT2D eigenvalue weighted by Gasteiger charge is -2.51. The molecule has 0 radical (unpaired) electrons. The standard InChI is InChI=1S/C17H24FNO/c1-20-16-8-4-5-9-17(16)10-11-19-12-14(17)13-6-2-3-7-15(13)18/h2-3,6-7,14,16,19H,4-5,8-12H2,1H3. The molecule has 1 aliphatic heterocycles. The Hall–Kier alpha value is -0.930. The number of halogens is 1. The maximum Gasteiger partial charge on any atom is 0.126 e. The van der Waals surface area contributed by atoms with Crippen molar-refractivity contribution < 1.29 is 9.13 Å². The molecule has 1 N–H and O–H groups in total. The van der Waals surface area contributed by atoms with Crippen LogP contribution in [-0.2, 0) is 4.74 Å². The van der Waals surface area contributed by atoms with Crippen LogP contribution < -0.4 is 5.32 Å². The Kier molecular flexibility index (Phi) is 4.08. The van der Waals surface area contributed by atoms with Crippen LogP contribution in [0.25, 0.3) is 0 Å². The Labute approximate surface area is 120 Å². The first-order valence-electron chi connectivity index (χ1n) is 7.76. The van der Waals surface area contributed by atoms with Crippen LogP contribution in [0.3, 0.4) is 0 Å². The zero-order valence-corrected chi connectivity index (χ0v) is 12.2. The number of hydrogen-bond donors (Lipinski definition) is 1. The second-order valence-electron chi connectivity index (χ2n) is 6.23. The summed E-state index contributed by atoms with van der Waals surface area (Å²) in [4.78, 5) is 0. The zero-order chi connectivity index (χ0) is 14.0. The molecule has 2 nitrogen and oxygen atoms in total. The van der Waals surface area contributed by atoms with Gasteiger partial charge in [-0.1, -0.05) is 31.0 Å². The van der Waals surface area contributed by atoms with Gasteiger partial charge in [0.15, 0.2) is 0 Å². The van der Waals surface area contributed by atoms with Crippen molar-refractivity contribution in [1.29, 1.82) is 0 Å². The zero-order valence-electron chi connectivity index (χ0n) is 12.2. The summed E-state index contributed by atoms with van der Waals surface area (Å²) in [7, 11) is 1.82. The quantitative estimate of drug-likeness (QED) is 0.893. The minimum Gasteiger partial charge on any atom is -0.381 e. The molecule has 110 valence electrons. The molecule has 3 atom stereocenters. The number of benzene rings is 1. The summed E-state index contributed by atoms with van der Waals surface area (Å²) in [6.45, 7) is 1.88. The van der Waals surface area contributed by atoms with Gasteiger partial charge in [0.05, 0.1) is 6.10 Å². The third kappa shape index (κ3) is 2.27. The van der Waals surface area contributed by atoms with E-state index in [1.807, 2.05) is 19.2 Å². The Balaban J connectivity index is 2.00. The Morgan fingerprint density at radius 3 is 2.90 bits per heavy atom. The first-order chi connectivity index (χ1) is 9.78. The monoisotopic (exact) mass is 277 g/mol. The minimum atomic E-state index is -0.0685. The van der Waals surface area contributed by atoms with Crippen LogP contribution in [-0.4, -0.2) is 26.3 Å². The minimum absolute atomic E-state index is 0.0685. The van der Waals surface area contributed by atoms with Crippen molar-refractivity contribution in [2.75, 3.05) is 20.2 Å². The van der Waals surface area contributed by atoms with Crippen LogP contribution in [0.15, 0.2) is 24.3 Å². The van der Waals surface area contributed by atoms with E-state index in [0.717, 1.165) is 37.9 Å². The van der Waals surface area contributed by atoms with E-state index in [1.54, 1.807) is 12.1 Å². The van der Waals surface area contributed by atoms with E-state index in [2.05, 4.69) is 5.32 Å². The van der Waals surface area contributed by atoms with Crippen LogP contribution in [0.5, 0.6) is 0 Å². The molecule has 1 aliphatic carbocycles. The van der Waals surface area contributed by atoms with Crippen LogP contribution in [0.4, 0.5) is 4.39 Å². The average Bonchev–Trinajstić information content (AvgIpc) is 2.49. The molecule has 1 aromatic carbocycles. The van der Waals surface area contributed by atoms with Gasteiger partial charge in [0, 0.05) is 25.0 Å². The average molecular weight is 277 g/mol. The van der Waals surface area contributed by atoms with Crippen LogP contribution >= 0.6 is 0 Å². The fourth-order valence-electron chi connectivity index (χ4n) is 4.39. The summed E-state index contributed by atoms with van der Waals surface area (Å²) < 4.78 is 20.1. The van der Waals surface area contributed by atoms with Crippen LogP contribution in [0.2, 0.25) is 0 Å². The second kappa shape index (κ2) is 5.82. The predicted octanol–water partition coefficient (Wildman–Crippen LogP) is 3.48. The Bertz CT molecular complexity index is 458. The molecule has 1 saturated carbocycles. The largest absolute Gasteiger partial charge is 0.381 e. The van der Waals surface area contributed by atoms with Crippen LogP contribution in [0.1, 0.15) is 43.6 Å². The summed E-state index contributed by atoms with van der Waals surface area (Å²) in [5.74, 6) is 0.156. The molecular weight excluding hydrogens is 253 g/mol. The molecule has 2 aliphatic rings. The maximum atomic E-state index is 14.3. The normalized spacial score (nSPS) is 34.3. The Morgan fingerprint density at radius 1 is 1.25 bits per heavy atom. The molecule has 1 spiro atoms. The van der Waals surface area contributed by atoms with E-state index in [4.69, 9.17) is 4.74 Å². The Morgan fingerprint density at radius 2 is 2.10 bits per heavy atom. The molecule has 20 heavy (non-hydrogen) atoms. The summed E-state index contributed by atoms with van der Waals surface area (Å²) >= 11 is 0. The van der Waals surface area contributed by atoms with Crippen molar-refractivity contribution in [2.24, 2.45) is 5.41 Å². The SMILES string of the molecule is COC1CCCCC12CCNCC2c1ccccc1F. The molecule has 2 fully saturated rings. The molecular formula is C17H24FNO. The van der Waals surface area contributed by atoms with Gasteiger partial charge in [-0.15, -0.1) is 0 Å². The second-order valence-corrected chi connectivity index (χ2v) is 6.23. The summed E-state index contributed by atoms with van der Waals surface area (Å²) in [6.07, 6.45) is 6.10. The predicted molar refractivity (Wildman–Crippen MR) is 78.3 cm³/mol.